The third-order valence-corrected chi connectivity index (χ3v) is 5.59. The lowest BCUT2D eigenvalue weighted by Crippen LogP contribution is -2.35. The first-order chi connectivity index (χ1) is 14.0. The SMILES string of the molecule is CCCCCCCCCCCCNC(=O)c1cnc(OCC(O)CNC(C)C)s1. The number of unbranched alkanes of at least 4 members (excludes halogenated alkanes) is 9. The van der Waals surface area contributed by atoms with E-state index in [2.05, 4.69) is 22.5 Å². The minimum Gasteiger partial charge on any atom is -0.467 e. The van der Waals surface area contributed by atoms with Gasteiger partial charge in [-0.3, -0.25) is 4.79 Å². The third-order valence-electron chi connectivity index (χ3n) is 4.69. The summed E-state index contributed by atoms with van der Waals surface area (Å²) in [5.74, 6) is -0.102. The van der Waals surface area contributed by atoms with Crippen LogP contribution < -0.4 is 15.4 Å². The average Bonchev–Trinajstić information content (AvgIpc) is 3.18. The average molecular weight is 428 g/mol. The summed E-state index contributed by atoms with van der Waals surface area (Å²) in [5, 5.41) is 16.4. The molecule has 0 saturated heterocycles. The normalized spacial score (nSPS) is 12.3. The Morgan fingerprint density at radius 2 is 1.72 bits per heavy atom. The molecule has 1 aromatic rings. The summed E-state index contributed by atoms with van der Waals surface area (Å²) in [7, 11) is 0. The maximum atomic E-state index is 12.2. The van der Waals surface area contributed by atoms with Crippen molar-refractivity contribution in [1.82, 2.24) is 15.6 Å². The molecule has 1 heterocycles. The number of hydrogen-bond acceptors (Lipinski definition) is 6. The van der Waals surface area contributed by atoms with Crippen molar-refractivity contribution in [3.05, 3.63) is 11.1 Å². The molecule has 3 N–H and O–H groups in total. The molecule has 0 spiro atoms. The Morgan fingerprint density at radius 3 is 2.34 bits per heavy atom. The van der Waals surface area contributed by atoms with Crippen molar-refractivity contribution in [2.45, 2.75) is 97.1 Å². The Morgan fingerprint density at radius 1 is 1.10 bits per heavy atom. The topological polar surface area (TPSA) is 83.5 Å². The van der Waals surface area contributed by atoms with Crippen LogP contribution in [0.4, 0.5) is 0 Å². The maximum absolute atomic E-state index is 12.2. The zero-order valence-corrected chi connectivity index (χ0v) is 19.4. The number of nitrogens with zero attached hydrogens (tertiary/aromatic N) is 1. The Labute approximate surface area is 180 Å². The number of aliphatic hydroxyl groups excluding tert-OH is 1. The molecule has 0 saturated carbocycles. The number of hydrogen-bond donors (Lipinski definition) is 3. The van der Waals surface area contributed by atoms with Crippen LogP contribution in [0.1, 0.15) is 94.7 Å². The molecule has 168 valence electrons. The number of carbonyl (C=O) groups excluding carboxylic acids is 1. The van der Waals surface area contributed by atoms with E-state index in [4.69, 9.17) is 4.74 Å². The van der Waals surface area contributed by atoms with Gasteiger partial charge in [0.15, 0.2) is 0 Å². The minimum absolute atomic E-state index is 0.102. The van der Waals surface area contributed by atoms with Crippen LogP contribution in [0.15, 0.2) is 6.20 Å². The zero-order chi connectivity index (χ0) is 21.3. The van der Waals surface area contributed by atoms with Crippen LogP contribution in [0.2, 0.25) is 0 Å². The van der Waals surface area contributed by atoms with Gasteiger partial charge in [0.25, 0.3) is 11.1 Å². The number of nitrogens with one attached hydrogen (secondary N) is 2. The van der Waals surface area contributed by atoms with Crippen LogP contribution in [0.5, 0.6) is 5.19 Å². The predicted molar refractivity (Wildman–Crippen MR) is 121 cm³/mol. The number of carbonyl (C=O) groups is 1. The van der Waals surface area contributed by atoms with Gasteiger partial charge in [0, 0.05) is 19.1 Å². The van der Waals surface area contributed by atoms with Gasteiger partial charge in [0.1, 0.15) is 17.6 Å². The van der Waals surface area contributed by atoms with Gasteiger partial charge >= 0.3 is 0 Å². The van der Waals surface area contributed by atoms with Crippen molar-refractivity contribution >= 4 is 17.2 Å². The van der Waals surface area contributed by atoms with Gasteiger partial charge in [-0.05, 0) is 6.42 Å². The second-order valence-electron chi connectivity index (χ2n) is 7.96. The Kier molecular flexibility index (Phi) is 14.8. The Balaban J connectivity index is 2.06. The number of rotatable bonds is 18. The standard InChI is InChI=1S/C22H41N3O3S/c1-4-5-6-7-8-9-10-11-12-13-14-23-21(27)20-16-25-22(29-20)28-17-19(26)15-24-18(2)3/h16,18-19,24,26H,4-15,17H2,1-3H3,(H,23,27). The molecule has 0 fully saturated rings. The molecule has 1 unspecified atom stereocenters. The largest absolute Gasteiger partial charge is 0.467 e. The lowest BCUT2D eigenvalue weighted by atomic mass is 10.1. The van der Waals surface area contributed by atoms with E-state index in [9.17, 15) is 9.90 Å². The summed E-state index contributed by atoms with van der Waals surface area (Å²) in [4.78, 5) is 16.8. The van der Waals surface area contributed by atoms with Gasteiger partial charge < -0.3 is 20.5 Å². The van der Waals surface area contributed by atoms with E-state index in [0.717, 1.165) is 12.8 Å². The molecular formula is C22H41N3O3S. The van der Waals surface area contributed by atoms with E-state index in [1.807, 2.05) is 13.8 Å². The van der Waals surface area contributed by atoms with E-state index in [1.54, 1.807) is 0 Å². The molecule has 0 bridgehead atoms. The fraction of sp³-hybridized carbons (Fsp3) is 0.818. The van der Waals surface area contributed by atoms with Crippen molar-refractivity contribution in [2.24, 2.45) is 0 Å². The van der Waals surface area contributed by atoms with Crippen LogP contribution in [0.3, 0.4) is 0 Å². The highest BCUT2D eigenvalue weighted by atomic mass is 32.1. The highest BCUT2D eigenvalue weighted by Crippen LogP contribution is 2.20. The van der Waals surface area contributed by atoms with Gasteiger partial charge in [0.05, 0.1) is 6.20 Å². The monoisotopic (exact) mass is 427 g/mol. The summed E-state index contributed by atoms with van der Waals surface area (Å²) >= 11 is 1.21. The van der Waals surface area contributed by atoms with E-state index >= 15 is 0 Å². The number of aliphatic hydroxyl groups is 1. The highest BCUT2D eigenvalue weighted by molar-refractivity contribution is 7.15. The number of thiazole rings is 1. The second kappa shape index (κ2) is 16.6. The van der Waals surface area contributed by atoms with Gasteiger partial charge in [-0.2, -0.15) is 0 Å². The van der Waals surface area contributed by atoms with Gasteiger partial charge in [-0.1, -0.05) is 89.9 Å². The van der Waals surface area contributed by atoms with Crippen LogP contribution in [-0.4, -0.2) is 47.8 Å². The number of amides is 1. The van der Waals surface area contributed by atoms with Crippen molar-refractivity contribution < 1.29 is 14.6 Å². The van der Waals surface area contributed by atoms with Crippen LogP contribution >= 0.6 is 11.3 Å². The molecule has 29 heavy (non-hydrogen) atoms. The zero-order valence-electron chi connectivity index (χ0n) is 18.5. The molecule has 0 aromatic carbocycles. The first-order valence-electron chi connectivity index (χ1n) is 11.3. The summed E-state index contributed by atoms with van der Waals surface area (Å²) in [6.07, 6.45) is 13.8. The lowest BCUT2D eigenvalue weighted by Gasteiger charge is -2.13. The molecule has 0 radical (unpaired) electrons. The summed E-state index contributed by atoms with van der Waals surface area (Å²) in [5.41, 5.74) is 0. The molecule has 7 heteroatoms. The fourth-order valence-corrected chi connectivity index (χ4v) is 3.62. The third kappa shape index (κ3) is 13.6. The maximum Gasteiger partial charge on any atom is 0.273 e. The van der Waals surface area contributed by atoms with Crippen LogP contribution in [0, 0.1) is 0 Å². The summed E-state index contributed by atoms with van der Waals surface area (Å²) in [6, 6.07) is 0.315. The first kappa shape index (κ1) is 25.9. The summed E-state index contributed by atoms with van der Waals surface area (Å²) in [6.45, 7) is 7.62. The van der Waals surface area contributed by atoms with Crippen molar-refractivity contribution in [1.29, 1.82) is 0 Å². The van der Waals surface area contributed by atoms with E-state index in [1.165, 1.54) is 68.9 Å². The fourth-order valence-electron chi connectivity index (χ4n) is 2.93. The molecular weight excluding hydrogens is 386 g/mol. The smallest absolute Gasteiger partial charge is 0.273 e. The first-order valence-corrected chi connectivity index (χ1v) is 12.1. The van der Waals surface area contributed by atoms with Gasteiger partial charge in [-0.15, -0.1) is 0 Å². The molecule has 0 aliphatic heterocycles. The molecule has 0 aliphatic rings. The minimum atomic E-state index is -0.602. The predicted octanol–water partition coefficient (Wildman–Crippen LogP) is 4.53. The molecule has 1 amide bonds. The molecule has 6 nitrogen and oxygen atoms in total. The van der Waals surface area contributed by atoms with E-state index in [-0.39, 0.29) is 12.5 Å². The molecule has 1 aromatic heterocycles. The Bertz CT molecular complexity index is 537. The highest BCUT2D eigenvalue weighted by Gasteiger charge is 2.12. The summed E-state index contributed by atoms with van der Waals surface area (Å²) < 4.78 is 5.48. The quantitative estimate of drug-likeness (QED) is 0.300. The van der Waals surface area contributed by atoms with Crippen LogP contribution in [0.25, 0.3) is 0 Å². The van der Waals surface area contributed by atoms with Crippen molar-refractivity contribution in [3.63, 3.8) is 0 Å². The van der Waals surface area contributed by atoms with E-state index in [0.29, 0.717) is 29.2 Å². The van der Waals surface area contributed by atoms with Gasteiger partial charge in [-0.25, -0.2) is 4.98 Å². The van der Waals surface area contributed by atoms with Gasteiger partial charge in [0.2, 0.25) is 0 Å². The number of ether oxygens (including phenoxy) is 1. The number of aromatic nitrogens is 1. The van der Waals surface area contributed by atoms with Crippen molar-refractivity contribution in [2.75, 3.05) is 19.7 Å². The Hall–Kier alpha value is -1.18. The van der Waals surface area contributed by atoms with Crippen molar-refractivity contribution in [3.8, 4) is 5.19 Å². The molecule has 1 rings (SSSR count). The molecule has 1 atom stereocenters. The lowest BCUT2D eigenvalue weighted by molar-refractivity contribution is 0.0956. The second-order valence-corrected chi connectivity index (χ2v) is 8.95. The van der Waals surface area contributed by atoms with E-state index < -0.39 is 6.10 Å². The molecule has 0 aliphatic carbocycles. The van der Waals surface area contributed by atoms with Crippen LogP contribution in [-0.2, 0) is 0 Å².